The van der Waals surface area contributed by atoms with E-state index in [1.54, 1.807) is 0 Å². The topological polar surface area (TPSA) is 38.8 Å². The monoisotopic (exact) mass is 248 g/mol. The highest BCUT2D eigenvalue weighted by Crippen LogP contribution is 2.49. The lowest BCUT2D eigenvalue weighted by Crippen LogP contribution is -2.28. The molecule has 3 heteroatoms. The molecule has 98 valence electrons. The number of ether oxygens (including phenoxy) is 2. The second-order valence-electron chi connectivity index (χ2n) is 5.98. The largest absolute Gasteiger partial charge is 0.455 e. The molecule has 1 aliphatic carbocycles. The second-order valence-corrected chi connectivity index (χ2v) is 5.98. The van der Waals surface area contributed by atoms with E-state index in [2.05, 4.69) is 26.5 Å². The van der Waals surface area contributed by atoms with Crippen LogP contribution in [0.5, 0.6) is 0 Å². The molecule has 2 aliphatic heterocycles. The maximum absolute atomic E-state index is 11.7. The van der Waals surface area contributed by atoms with Crippen LogP contribution in [0.3, 0.4) is 0 Å². The molecule has 0 radical (unpaired) electrons. The Labute approximate surface area is 108 Å². The van der Waals surface area contributed by atoms with Crippen molar-refractivity contribution in [3.05, 3.63) is 23.8 Å². The van der Waals surface area contributed by atoms with Crippen molar-refractivity contribution < 1.29 is 14.3 Å². The van der Waals surface area contributed by atoms with Crippen molar-refractivity contribution in [1.29, 1.82) is 0 Å². The molecule has 0 aromatic heterocycles. The summed E-state index contributed by atoms with van der Waals surface area (Å²) in [5.74, 6) is -0.102. The van der Waals surface area contributed by atoms with Gasteiger partial charge in [-0.25, -0.2) is 4.79 Å². The van der Waals surface area contributed by atoms with Gasteiger partial charge in [0.25, 0.3) is 0 Å². The molecule has 0 spiro atoms. The first-order valence-corrected chi connectivity index (χ1v) is 6.74. The van der Waals surface area contributed by atoms with Gasteiger partial charge < -0.3 is 9.47 Å². The highest BCUT2D eigenvalue weighted by molar-refractivity contribution is 5.91. The third-order valence-corrected chi connectivity index (χ3v) is 4.57. The molecule has 2 saturated heterocycles. The number of esters is 1. The average Bonchev–Trinajstić information content (AvgIpc) is 2.90. The van der Waals surface area contributed by atoms with E-state index in [1.165, 1.54) is 5.57 Å². The predicted molar refractivity (Wildman–Crippen MR) is 68.0 cm³/mol. The van der Waals surface area contributed by atoms with Crippen molar-refractivity contribution in [1.82, 2.24) is 0 Å². The Morgan fingerprint density at radius 3 is 3.06 bits per heavy atom. The van der Waals surface area contributed by atoms with Gasteiger partial charge in [0.05, 0.1) is 5.60 Å². The zero-order chi connectivity index (χ0) is 12.9. The van der Waals surface area contributed by atoms with Crippen molar-refractivity contribution >= 4 is 5.97 Å². The molecule has 0 N–H and O–H groups in total. The lowest BCUT2D eigenvalue weighted by molar-refractivity contribution is -0.140. The fourth-order valence-electron chi connectivity index (χ4n) is 3.20. The molecule has 2 fully saturated rings. The van der Waals surface area contributed by atoms with Crippen LogP contribution >= 0.6 is 0 Å². The number of allylic oxidation sites excluding steroid dienone is 2. The highest BCUT2D eigenvalue weighted by Gasteiger charge is 2.61. The zero-order valence-corrected chi connectivity index (χ0v) is 11.1. The fraction of sp³-hybridized carbons (Fsp3) is 0.667. The quantitative estimate of drug-likeness (QED) is 0.286. The predicted octanol–water partition coefficient (Wildman–Crippen LogP) is 2.76. The van der Waals surface area contributed by atoms with Crippen LogP contribution in [0.2, 0.25) is 0 Å². The van der Waals surface area contributed by atoms with Gasteiger partial charge in [-0.2, -0.15) is 0 Å². The summed E-state index contributed by atoms with van der Waals surface area (Å²) in [4.78, 5) is 11.7. The number of rotatable bonds is 0. The minimum Gasteiger partial charge on any atom is -0.455 e. The van der Waals surface area contributed by atoms with Crippen molar-refractivity contribution in [3.8, 4) is 0 Å². The molecule has 0 aromatic carbocycles. The summed E-state index contributed by atoms with van der Waals surface area (Å²) < 4.78 is 11.3. The standard InChI is InChI=1S/C15H20O3/c1-9-5-4-8-15(3)13(18-15)12-11(7-6-9)10(2)14(16)17-12/h5,11-13H,2,4,6-8H2,1,3H3/b9-5-/t11-,12-,13?,15?/m0/s1. The van der Waals surface area contributed by atoms with Crippen LogP contribution < -0.4 is 0 Å². The Hall–Kier alpha value is -1.09. The molecule has 3 nitrogen and oxygen atoms in total. The van der Waals surface area contributed by atoms with E-state index in [0.29, 0.717) is 5.57 Å². The summed E-state index contributed by atoms with van der Waals surface area (Å²) in [7, 11) is 0. The van der Waals surface area contributed by atoms with E-state index in [0.717, 1.165) is 25.7 Å². The number of epoxide rings is 1. The molecule has 0 bridgehead atoms. The van der Waals surface area contributed by atoms with Gasteiger partial charge in [-0.15, -0.1) is 0 Å². The van der Waals surface area contributed by atoms with Crippen molar-refractivity contribution in [2.24, 2.45) is 5.92 Å². The molecule has 3 aliphatic rings. The number of hydrogen-bond donors (Lipinski definition) is 0. The van der Waals surface area contributed by atoms with E-state index < -0.39 is 0 Å². The first-order chi connectivity index (χ1) is 8.51. The Balaban J connectivity index is 1.87. The van der Waals surface area contributed by atoms with Gasteiger partial charge in [0.1, 0.15) is 12.2 Å². The SMILES string of the molecule is C=C1C(=O)O[C@@H]2C3OC3(C)CC/C=C(/C)CC[C@@H]12. The fourth-order valence-corrected chi connectivity index (χ4v) is 3.20. The molecule has 3 rings (SSSR count). The Kier molecular flexibility index (Phi) is 2.63. The lowest BCUT2D eigenvalue weighted by Gasteiger charge is -2.19. The van der Waals surface area contributed by atoms with Gasteiger partial charge in [-0.1, -0.05) is 18.2 Å². The number of carbonyl (C=O) groups is 1. The van der Waals surface area contributed by atoms with Gasteiger partial charge in [-0.05, 0) is 39.5 Å². The normalized spacial score (nSPS) is 46.6. The summed E-state index contributed by atoms with van der Waals surface area (Å²) in [6, 6.07) is 0. The molecule has 0 aromatic rings. The van der Waals surface area contributed by atoms with Gasteiger partial charge in [0.2, 0.25) is 0 Å². The van der Waals surface area contributed by atoms with E-state index in [9.17, 15) is 4.79 Å². The highest BCUT2D eigenvalue weighted by atomic mass is 16.6. The number of hydrogen-bond acceptors (Lipinski definition) is 3. The smallest absolute Gasteiger partial charge is 0.334 e. The van der Waals surface area contributed by atoms with Crippen LogP contribution in [0.25, 0.3) is 0 Å². The maximum Gasteiger partial charge on any atom is 0.334 e. The Morgan fingerprint density at radius 1 is 1.50 bits per heavy atom. The van der Waals surface area contributed by atoms with Gasteiger partial charge >= 0.3 is 5.97 Å². The van der Waals surface area contributed by atoms with Gasteiger partial charge in [0, 0.05) is 11.5 Å². The Bertz CT molecular complexity index is 437. The first-order valence-electron chi connectivity index (χ1n) is 6.74. The molecular weight excluding hydrogens is 228 g/mol. The number of carbonyl (C=O) groups excluding carboxylic acids is 1. The van der Waals surface area contributed by atoms with Crippen LogP contribution in [0.15, 0.2) is 23.8 Å². The molecule has 2 unspecified atom stereocenters. The van der Waals surface area contributed by atoms with Crippen LogP contribution in [0.4, 0.5) is 0 Å². The van der Waals surface area contributed by atoms with E-state index in [4.69, 9.17) is 9.47 Å². The molecule has 4 atom stereocenters. The molecule has 0 saturated carbocycles. The third-order valence-electron chi connectivity index (χ3n) is 4.57. The van der Waals surface area contributed by atoms with Gasteiger partial charge in [-0.3, -0.25) is 0 Å². The molecular formula is C15H20O3. The molecule has 18 heavy (non-hydrogen) atoms. The summed E-state index contributed by atoms with van der Waals surface area (Å²) in [6.07, 6.45) is 6.25. The Morgan fingerprint density at radius 2 is 2.28 bits per heavy atom. The summed E-state index contributed by atoms with van der Waals surface area (Å²) in [5.41, 5.74) is 1.91. The average molecular weight is 248 g/mol. The van der Waals surface area contributed by atoms with Crippen LogP contribution in [0.1, 0.15) is 39.5 Å². The van der Waals surface area contributed by atoms with E-state index in [1.807, 2.05) is 0 Å². The minimum atomic E-state index is -0.233. The molecule has 0 amide bonds. The van der Waals surface area contributed by atoms with Crippen LogP contribution in [-0.4, -0.2) is 23.8 Å². The number of fused-ring (bicyclic) bond motifs is 3. The van der Waals surface area contributed by atoms with E-state index >= 15 is 0 Å². The van der Waals surface area contributed by atoms with Crippen molar-refractivity contribution in [3.63, 3.8) is 0 Å². The van der Waals surface area contributed by atoms with E-state index in [-0.39, 0.29) is 29.7 Å². The second kappa shape index (κ2) is 3.95. The van der Waals surface area contributed by atoms with Gasteiger partial charge in [0.15, 0.2) is 0 Å². The summed E-state index contributed by atoms with van der Waals surface area (Å²) >= 11 is 0. The first kappa shape index (κ1) is 12.0. The lowest BCUT2D eigenvalue weighted by atomic mass is 9.84. The minimum absolute atomic E-state index is 0.0671. The summed E-state index contributed by atoms with van der Waals surface area (Å²) in [6.45, 7) is 8.17. The summed E-state index contributed by atoms with van der Waals surface area (Å²) in [5, 5.41) is 0. The van der Waals surface area contributed by atoms with Crippen LogP contribution in [-0.2, 0) is 14.3 Å². The molecule has 2 heterocycles. The maximum atomic E-state index is 11.7. The third kappa shape index (κ3) is 1.81. The van der Waals surface area contributed by atoms with Crippen molar-refractivity contribution in [2.45, 2.75) is 57.3 Å². The van der Waals surface area contributed by atoms with Crippen molar-refractivity contribution in [2.75, 3.05) is 0 Å². The van der Waals surface area contributed by atoms with Crippen LogP contribution in [0, 0.1) is 5.92 Å². The zero-order valence-electron chi connectivity index (χ0n) is 11.1.